The van der Waals surface area contributed by atoms with Crippen molar-refractivity contribution in [2.45, 2.75) is 6.42 Å². The Morgan fingerprint density at radius 2 is 2.43 bits per heavy atom. The molecule has 0 spiro atoms. The van der Waals surface area contributed by atoms with Crippen molar-refractivity contribution < 1.29 is 9.21 Å². The molecular formula is C9H9N3O2. The molecule has 0 aliphatic heterocycles. The molecular weight excluding hydrogens is 182 g/mol. The van der Waals surface area contributed by atoms with E-state index in [0.717, 1.165) is 0 Å². The van der Waals surface area contributed by atoms with Gasteiger partial charge in [0.25, 0.3) is 5.91 Å². The van der Waals surface area contributed by atoms with Crippen LogP contribution in [0, 0.1) is 11.3 Å². The molecule has 1 heterocycles. The average Bonchev–Trinajstić information content (AvgIpc) is 2.67. The van der Waals surface area contributed by atoms with E-state index in [4.69, 9.17) is 9.68 Å². The first-order valence-electron chi connectivity index (χ1n) is 3.88. The molecule has 0 saturated heterocycles. The summed E-state index contributed by atoms with van der Waals surface area (Å²) in [5.41, 5.74) is 5.26. The number of amides is 1. The molecule has 0 aromatic carbocycles. The second-order valence-electron chi connectivity index (χ2n) is 2.46. The summed E-state index contributed by atoms with van der Waals surface area (Å²) < 4.78 is 5.01. The number of carbonyl (C=O) groups is 1. The molecule has 5 heteroatoms. The lowest BCUT2D eigenvalue weighted by Gasteiger charge is -2.06. The molecule has 0 saturated carbocycles. The summed E-state index contributed by atoms with van der Waals surface area (Å²) in [4.78, 5) is 10.8. The fourth-order valence-electron chi connectivity index (χ4n) is 0.773. The minimum Gasteiger partial charge on any atom is -0.463 e. The Balaban J connectivity index is 2.37. The van der Waals surface area contributed by atoms with Crippen LogP contribution in [-0.4, -0.2) is 5.91 Å². The summed E-state index contributed by atoms with van der Waals surface area (Å²) in [7, 11) is 0. The molecule has 0 aliphatic rings. The minimum absolute atomic E-state index is 0.196. The van der Waals surface area contributed by atoms with Crippen molar-refractivity contribution in [2.24, 2.45) is 0 Å². The Morgan fingerprint density at radius 1 is 1.64 bits per heavy atom. The number of nitriles is 1. The first-order chi connectivity index (χ1) is 6.74. The maximum absolute atomic E-state index is 10.8. The summed E-state index contributed by atoms with van der Waals surface area (Å²) in [6, 6.07) is 5.13. The van der Waals surface area contributed by atoms with Crippen LogP contribution in [0.25, 0.3) is 5.70 Å². The van der Waals surface area contributed by atoms with Gasteiger partial charge in [0.2, 0.25) is 0 Å². The van der Waals surface area contributed by atoms with E-state index in [2.05, 4.69) is 17.4 Å². The number of rotatable bonds is 4. The van der Waals surface area contributed by atoms with Gasteiger partial charge in [0.1, 0.15) is 6.42 Å². The first kappa shape index (κ1) is 9.86. The van der Waals surface area contributed by atoms with Crippen LogP contribution in [-0.2, 0) is 4.79 Å². The third-order valence-electron chi connectivity index (χ3n) is 1.41. The van der Waals surface area contributed by atoms with Gasteiger partial charge in [0, 0.05) is 0 Å². The predicted molar refractivity (Wildman–Crippen MR) is 49.3 cm³/mol. The molecule has 1 aromatic rings. The van der Waals surface area contributed by atoms with Gasteiger partial charge < -0.3 is 4.42 Å². The van der Waals surface area contributed by atoms with Crippen molar-refractivity contribution in [2.75, 3.05) is 0 Å². The van der Waals surface area contributed by atoms with Crippen LogP contribution in [0.5, 0.6) is 0 Å². The molecule has 1 amide bonds. The first-order valence-corrected chi connectivity index (χ1v) is 3.88. The summed E-state index contributed by atoms with van der Waals surface area (Å²) in [5.74, 6) is 0.113. The third-order valence-corrected chi connectivity index (χ3v) is 1.41. The number of furan rings is 1. The van der Waals surface area contributed by atoms with Gasteiger partial charge in [-0.15, -0.1) is 0 Å². The minimum atomic E-state index is -0.416. The van der Waals surface area contributed by atoms with E-state index < -0.39 is 5.91 Å². The number of nitrogens with one attached hydrogen (secondary N) is 2. The lowest BCUT2D eigenvalue weighted by molar-refractivity contribution is -0.120. The quantitative estimate of drug-likeness (QED) is 0.689. The molecule has 72 valence electrons. The zero-order chi connectivity index (χ0) is 10.4. The predicted octanol–water partition coefficient (Wildman–Crippen LogP) is 0.785. The third kappa shape index (κ3) is 2.68. The van der Waals surface area contributed by atoms with Gasteiger partial charge >= 0.3 is 0 Å². The molecule has 0 unspecified atom stereocenters. The SMILES string of the molecule is C=C(NNC(=O)CC#N)c1ccco1. The molecule has 2 N–H and O–H groups in total. The highest BCUT2D eigenvalue weighted by Gasteiger charge is 2.02. The van der Waals surface area contributed by atoms with Gasteiger partial charge in [-0.3, -0.25) is 15.6 Å². The number of hydrogen-bond acceptors (Lipinski definition) is 4. The van der Waals surface area contributed by atoms with Gasteiger partial charge in [0.05, 0.1) is 18.0 Å². The van der Waals surface area contributed by atoms with E-state index in [0.29, 0.717) is 11.5 Å². The van der Waals surface area contributed by atoms with Crippen molar-refractivity contribution in [3.05, 3.63) is 30.7 Å². The molecule has 0 atom stereocenters. The van der Waals surface area contributed by atoms with E-state index in [1.807, 2.05) is 0 Å². The van der Waals surface area contributed by atoms with Gasteiger partial charge in [-0.2, -0.15) is 5.26 Å². The van der Waals surface area contributed by atoms with Gasteiger partial charge in [0.15, 0.2) is 5.76 Å². The molecule has 0 radical (unpaired) electrons. The monoisotopic (exact) mass is 191 g/mol. The van der Waals surface area contributed by atoms with Crippen LogP contribution in [0.3, 0.4) is 0 Å². The average molecular weight is 191 g/mol. The maximum Gasteiger partial charge on any atom is 0.252 e. The molecule has 1 aromatic heterocycles. The van der Waals surface area contributed by atoms with E-state index in [1.54, 1.807) is 18.2 Å². The lowest BCUT2D eigenvalue weighted by Crippen LogP contribution is -2.35. The van der Waals surface area contributed by atoms with Crippen LogP contribution in [0.15, 0.2) is 29.4 Å². The standard InChI is InChI=1S/C9H9N3O2/c1-7(8-3-2-6-14-8)11-12-9(13)4-5-10/h2-3,6,11H,1,4H2,(H,12,13). The Labute approximate surface area is 81.0 Å². The molecule has 0 fully saturated rings. The van der Waals surface area contributed by atoms with E-state index in [1.165, 1.54) is 6.26 Å². The van der Waals surface area contributed by atoms with Gasteiger partial charge in [-0.1, -0.05) is 6.58 Å². The van der Waals surface area contributed by atoms with Crippen LogP contribution >= 0.6 is 0 Å². The maximum atomic E-state index is 10.8. The summed E-state index contributed by atoms with van der Waals surface area (Å²) in [5, 5.41) is 8.21. The topological polar surface area (TPSA) is 78.1 Å². The van der Waals surface area contributed by atoms with Crippen LogP contribution in [0.4, 0.5) is 0 Å². The van der Waals surface area contributed by atoms with Crippen molar-refractivity contribution in [1.82, 2.24) is 10.9 Å². The Bertz CT molecular complexity index is 362. The van der Waals surface area contributed by atoms with Gasteiger partial charge in [-0.25, -0.2) is 0 Å². The lowest BCUT2D eigenvalue weighted by atomic mass is 10.4. The summed E-state index contributed by atoms with van der Waals surface area (Å²) >= 11 is 0. The highest BCUT2D eigenvalue weighted by molar-refractivity contribution is 5.78. The van der Waals surface area contributed by atoms with Crippen LogP contribution in [0.2, 0.25) is 0 Å². The zero-order valence-electron chi connectivity index (χ0n) is 7.41. The van der Waals surface area contributed by atoms with Crippen LogP contribution in [0.1, 0.15) is 12.2 Å². The van der Waals surface area contributed by atoms with Crippen molar-refractivity contribution in [3.63, 3.8) is 0 Å². The Kier molecular flexibility index (Phi) is 3.33. The highest BCUT2D eigenvalue weighted by Crippen LogP contribution is 2.07. The number of hydrazine groups is 1. The van der Waals surface area contributed by atoms with Crippen molar-refractivity contribution in [3.8, 4) is 6.07 Å². The molecule has 14 heavy (non-hydrogen) atoms. The fourth-order valence-corrected chi connectivity index (χ4v) is 0.773. The second-order valence-corrected chi connectivity index (χ2v) is 2.46. The number of hydrogen-bond donors (Lipinski definition) is 2. The van der Waals surface area contributed by atoms with Crippen LogP contribution < -0.4 is 10.9 Å². The summed E-state index contributed by atoms with van der Waals surface area (Å²) in [6.07, 6.45) is 1.30. The normalized spacial score (nSPS) is 8.79. The molecule has 0 aliphatic carbocycles. The smallest absolute Gasteiger partial charge is 0.252 e. The number of carbonyl (C=O) groups excluding carboxylic acids is 1. The zero-order valence-corrected chi connectivity index (χ0v) is 7.41. The van der Waals surface area contributed by atoms with Gasteiger partial charge in [-0.05, 0) is 12.1 Å². The highest BCUT2D eigenvalue weighted by atomic mass is 16.3. The van der Waals surface area contributed by atoms with E-state index in [9.17, 15) is 4.79 Å². The Morgan fingerprint density at radius 3 is 3.00 bits per heavy atom. The van der Waals surface area contributed by atoms with E-state index >= 15 is 0 Å². The molecule has 1 rings (SSSR count). The largest absolute Gasteiger partial charge is 0.463 e. The van der Waals surface area contributed by atoms with Crippen molar-refractivity contribution >= 4 is 11.6 Å². The fraction of sp³-hybridized carbons (Fsp3) is 0.111. The summed E-state index contributed by atoms with van der Waals surface area (Å²) in [6.45, 7) is 3.63. The Hall–Kier alpha value is -2.22. The van der Waals surface area contributed by atoms with Crippen molar-refractivity contribution in [1.29, 1.82) is 5.26 Å². The number of nitrogens with zero attached hydrogens (tertiary/aromatic N) is 1. The molecule has 5 nitrogen and oxygen atoms in total. The molecule has 0 bridgehead atoms. The second kappa shape index (κ2) is 4.72. The van der Waals surface area contributed by atoms with E-state index in [-0.39, 0.29) is 6.42 Å².